The molecule has 34 heavy (non-hydrogen) atoms. The monoisotopic (exact) mass is 478 g/mol. The number of nitrogens with one attached hydrogen (secondary N) is 2. The minimum absolute atomic E-state index is 0.00875. The van der Waals surface area contributed by atoms with Gasteiger partial charge in [0.2, 0.25) is 0 Å². The van der Waals surface area contributed by atoms with Crippen LogP contribution in [0.1, 0.15) is 38.3 Å². The smallest absolute Gasteiger partial charge is 0.196 e. The van der Waals surface area contributed by atoms with E-state index in [1.54, 1.807) is 24.3 Å². The van der Waals surface area contributed by atoms with Crippen molar-refractivity contribution in [3.8, 4) is 0 Å². The van der Waals surface area contributed by atoms with E-state index in [0.717, 1.165) is 10.1 Å². The van der Waals surface area contributed by atoms with E-state index in [2.05, 4.69) is 20.6 Å². The molecular formula is C23H26N8O2S. The van der Waals surface area contributed by atoms with Crippen molar-refractivity contribution in [1.29, 1.82) is 0 Å². The lowest BCUT2D eigenvalue weighted by molar-refractivity contribution is 0.0980. The molecule has 0 bridgehead atoms. The number of hydrogen-bond donors (Lipinski definition) is 6. The maximum absolute atomic E-state index is 13.7. The molecule has 3 aromatic rings. The Bertz CT molecular complexity index is 1320. The maximum Gasteiger partial charge on any atom is 0.196 e. The molecule has 10 nitrogen and oxygen atoms in total. The molecule has 4 rings (SSSR count). The highest BCUT2D eigenvalue weighted by atomic mass is 32.1. The van der Waals surface area contributed by atoms with Gasteiger partial charge in [-0.05, 0) is 17.9 Å². The number of aliphatic imine (C=N–C) groups is 2. The van der Waals surface area contributed by atoms with Gasteiger partial charge in [0, 0.05) is 36.1 Å². The maximum atomic E-state index is 13.7. The van der Waals surface area contributed by atoms with E-state index < -0.39 is 0 Å². The topological polar surface area (TPSA) is 187 Å². The number of rotatable bonds is 9. The highest BCUT2D eigenvalue weighted by molar-refractivity contribution is 7.18. The van der Waals surface area contributed by atoms with E-state index in [1.807, 2.05) is 11.4 Å². The van der Waals surface area contributed by atoms with E-state index in [9.17, 15) is 9.59 Å². The Morgan fingerprint density at radius 1 is 0.794 bits per heavy atom. The first kappa shape index (κ1) is 23.1. The van der Waals surface area contributed by atoms with Crippen LogP contribution >= 0.6 is 11.3 Å². The molecule has 0 aliphatic heterocycles. The lowest BCUT2D eigenvalue weighted by atomic mass is 9.81. The van der Waals surface area contributed by atoms with Crippen LogP contribution in [0.25, 0.3) is 10.1 Å². The average molecular weight is 479 g/mol. The van der Waals surface area contributed by atoms with Gasteiger partial charge in [0.15, 0.2) is 23.5 Å². The minimum atomic E-state index is -0.201. The number of nitrogens with zero attached hydrogens (tertiary/aromatic N) is 2. The van der Waals surface area contributed by atoms with E-state index >= 15 is 0 Å². The van der Waals surface area contributed by atoms with Crippen LogP contribution in [0, 0.1) is 0 Å². The van der Waals surface area contributed by atoms with Gasteiger partial charge in [-0.25, -0.2) is 0 Å². The molecular weight excluding hydrogens is 452 g/mol. The number of anilines is 2. The molecule has 2 aromatic carbocycles. The minimum Gasteiger partial charge on any atom is -0.384 e. The van der Waals surface area contributed by atoms with Gasteiger partial charge in [-0.2, -0.15) is 0 Å². The van der Waals surface area contributed by atoms with Crippen molar-refractivity contribution in [1.82, 2.24) is 0 Å². The van der Waals surface area contributed by atoms with Crippen LogP contribution in [-0.4, -0.2) is 49.7 Å². The Morgan fingerprint density at radius 3 is 2.03 bits per heavy atom. The molecule has 1 aliphatic rings. The Kier molecular flexibility index (Phi) is 6.64. The van der Waals surface area contributed by atoms with Crippen LogP contribution in [0.15, 0.2) is 45.7 Å². The summed E-state index contributed by atoms with van der Waals surface area (Å²) in [6.45, 7) is 1.69. The molecule has 1 aromatic heterocycles. The Morgan fingerprint density at radius 2 is 1.38 bits per heavy atom. The fourth-order valence-electron chi connectivity index (χ4n) is 4.02. The van der Waals surface area contributed by atoms with Crippen molar-refractivity contribution in [2.45, 2.75) is 6.42 Å². The molecule has 0 saturated heterocycles. The van der Waals surface area contributed by atoms with Crippen LogP contribution in [0.3, 0.4) is 0 Å². The lowest BCUT2D eigenvalue weighted by Crippen LogP contribution is -2.26. The second-order valence-corrected chi connectivity index (χ2v) is 8.60. The van der Waals surface area contributed by atoms with Crippen LogP contribution in [-0.2, 0) is 0 Å². The summed E-state index contributed by atoms with van der Waals surface area (Å²) in [5.41, 5.74) is 24.4. The van der Waals surface area contributed by atoms with Gasteiger partial charge in [0.05, 0.1) is 33.7 Å². The predicted octanol–water partition coefficient (Wildman–Crippen LogP) is 1.44. The van der Waals surface area contributed by atoms with Gasteiger partial charge in [0.1, 0.15) is 0 Å². The highest BCUT2D eigenvalue weighted by Crippen LogP contribution is 2.45. The number of thiophene rings is 1. The van der Waals surface area contributed by atoms with Crippen molar-refractivity contribution in [2.75, 3.05) is 36.8 Å². The highest BCUT2D eigenvalue weighted by Gasteiger charge is 2.36. The van der Waals surface area contributed by atoms with E-state index in [-0.39, 0.29) is 23.5 Å². The largest absolute Gasteiger partial charge is 0.384 e. The van der Waals surface area contributed by atoms with Gasteiger partial charge in [-0.1, -0.05) is 24.3 Å². The molecule has 0 fully saturated rings. The van der Waals surface area contributed by atoms with Crippen LogP contribution in [0.5, 0.6) is 0 Å². The van der Waals surface area contributed by atoms with Crippen molar-refractivity contribution in [3.63, 3.8) is 0 Å². The summed E-state index contributed by atoms with van der Waals surface area (Å²) >= 11 is 1.49. The van der Waals surface area contributed by atoms with Crippen molar-refractivity contribution < 1.29 is 9.59 Å². The summed E-state index contributed by atoms with van der Waals surface area (Å²) in [4.78, 5) is 35.3. The Labute approximate surface area is 200 Å². The lowest BCUT2D eigenvalue weighted by Gasteiger charge is -2.25. The van der Waals surface area contributed by atoms with E-state index in [1.165, 1.54) is 11.3 Å². The quantitative estimate of drug-likeness (QED) is 0.0902. The number of ketones is 2. The van der Waals surface area contributed by atoms with Gasteiger partial charge >= 0.3 is 0 Å². The van der Waals surface area contributed by atoms with Gasteiger partial charge in [-0.3, -0.25) is 19.6 Å². The van der Waals surface area contributed by atoms with Crippen molar-refractivity contribution >= 4 is 56.3 Å². The molecule has 0 radical (unpaired) electrons. The first-order valence-electron chi connectivity index (χ1n) is 10.7. The molecule has 0 spiro atoms. The molecule has 0 unspecified atom stereocenters. The molecule has 0 atom stereocenters. The van der Waals surface area contributed by atoms with E-state index in [4.69, 9.17) is 22.9 Å². The SMILES string of the molecule is NC(N)=NCCCNc1c2c(c(NCCN=C(N)N)c3sccc13)C(=O)c1ccccc1C2=O. The molecule has 0 amide bonds. The second kappa shape index (κ2) is 9.79. The molecule has 11 heteroatoms. The fraction of sp³-hybridized carbons (Fsp3) is 0.217. The molecule has 1 aliphatic carbocycles. The molecule has 176 valence electrons. The summed E-state index contributed by atoms with van der Waals surface area (Å²) in [5, 5.41) is 9.46. The van der Waals surface area contributed by atoms with Gasteiger partial charge in [-0.15, -0.1) is 11.3 Å². The van der Waals surface area contributed by atoms with Gasteiger partial charge < -0.3 is 33.6 Å². The third-order valence-corrected chi connectivity index (χ3v) is 6.35. The average Bonchev–Trinajstić information content (AvgIpc) is 3.30. The normalized spacial score (nSPS) is 12.1. The van der Waals surface area contributed by atoms with Crippen LogP contribution < -0.4 is 33.6 Å². The third-order valence-electron chi connectivity index (χ3n) is 5.42. The van der Waals surface area contributed by atoms with Crippen LogP contribution in [0.4, 0.5) is 11.4 Å². The zero-order valence-electron chi connectivity index (χ0n) is 18.4. The number of fused-ring (bicyclic) bond motifs is 3. The number of carbonyl (C=O) groups excluding carboxylic acids is 2. The zero-order chi connectivity index (χ0) is 24.2. The number of benzene rings is 2. The standard InChI is InChI=1S/C23H26N8O2S/c24-22(25)30-8-3-7-28-17-14-6-11-34-21(14)18(29-9-10-31-23(26)27)16-15(17)19(32)12-4-1-2-5-13(12)20(16)33/h1-2,4-6,11,28-29H,3,7-10H2,(H4,24,25,30)(H4,26,27,31). The number of nitrogens with two attached hydrogens (primary N) is 4. The second-order valence-electron chi connectivity index (χ2n) is 7.69. The zero-order valence-corrected chi connectivity index (χ0v) is 19.2. The first-order valence-corrected chi connectivity index (χ1v) is 11.6. The summed E-state index contributed by atoms with van der Waals surface area (Å²) < 4.78 is 0.871. The Balaban J connectivity index is 1.81. The number of guanidine groups is 2. The van der Waals surface area contributed by atoms with Crippen molar-refractivity contribution in [3.05, 3.63) is 58.0 Å². The summed E-state index contributed by atoms with van der Waals surface area (Å²) in [6, 6.07) is 8.83. The molecule has 1 heterocycles. The summed E-state index contributed by atoms with van der Waals surface area (Å²) in [5.74, 6) is -0.373. The number of carbonyl (C=O) groups is 2. The fourth-order valence-corrected chi connectivity index (χ4v) is 4.95. The first-order chi connectivity index (χ1) is 16.4. The number of hydrogen-bond acceptors (Lipinski definition) is 7. The third kappa shape index (κ3) is 4.37. The molecule has 0 saturated carbocycles. The van der Waals surface area contributed by atoms with Crippen LogP contribution in [0.2, 0.25) is 0 Å². The summed E-state index contributed by atoms with van der Waals surface area (Å²) in [7, 11) is 0. The predicted molar refractivity (Wildman–Crippen MR) is 138 cm³/mol. The Hall–Kier alpha value is -4.12. The summed E-state index contributed by atoms with van der Waals surface area (Å²) in [6.07, 6.45) is 0.648. The van der Waals surface area contributed by atoms with Gasteiger partial charge in [0.25, 0.3) is 0 Å². The van der Waals surface area contributed by atoms with Crippen molar-refractivity contribution in [2.24, 2.45) is 32.9 Å². The molecule has 10 N–H and O–H groups in total. The van der Waals surface area contributed by atoms with E-state index in [0.29, 0.717) is 66.2 Å².